The summed E-state index contributed by atoms with van der Waals surface area (Å²) in [5, 5.41) is 0. The van der Waals surface area contributed by atoms with Gasteiger partial charge in [-0.2, -0.15) is 0 Å². The van der Waals surface area contributed by atoms with Crippen molar-refractivity contribution < 1.29 is 19.1 Å². The Balaban J connectivity index is 2.29. The van der Waals surface area contributed by atoms with Crippen LogP contribution in [0.15, 0.2) is 18.7 Å². The highest BCUT2D eigenvalue weighted by Gasteiger charge is 2.15. The topological polar surface area (TPSA) is 73.7 Å². The van der Waals surface area contributed by atoms with Gasteiger partial charge in [-0.15, -0.1) is 0 Å². The number of hydrogen-bond donors (Lipinski definition) is 0. The second-order valence-corrected chi connectivity index (χ2v) is 17.3. The molecule has 1 unspecified atom stereocenters. The maximum Gasteiger partial charge on any atom is 0.306 e. The summed E-state index contributed by atoms with van der Waals surface area (Å²) >= 11 is 0. The molecule has 0 aliphatic heterocycles. The molecular formula is C50H95N3O4. The zero-order valence-electron chi connectivity index (χ0n) is 38.4. The molecule has 1 heterocycles. The average Bonchev–Trinajstić information content (AvgIpc) is 3.73. The molecule has 0 aliphatic carbocycles. The van der Waals surface area contributed by atoms with E-state index in [1.807, 2.05) is 12.5 Å². The van der Waals surface area contributed by atoms with Crippen LogP contribution < -0.4 is 0 Å². The van der Waals surface area contributed by atoms with E-state index >= 15 is 0 Å². The number of nitrogens with zero attached hydrogens (tertiary/aromatic N) is 3. The summed E-state index contributed by atoms with van der Waals surface area (Å²) in [7, 11) is 0. The average molecular weight is 802 g/mol. The highest BCUT2D eigenvalue weighted by molar-refractivity contribution is 5.69. The highest BCUT2D eigenvalue weighted by atomic mass is 16.5. The van der Waals surface area contributed by atoms with Gasteiger partial charge in [-0.25, -0.2) is 4.98 Å². The van der Waals surface area contributed by atoms with Crippen molar-refractivity contribution in [3.05, 3.63) is 18.7 Å². The minimum atomic E-state index is 0.00285. The van der Waals surface area contributed by atoms with Crippen molar-refractivity contribution in [2.45, 2.75) is 271 Å². The lowest BCUT2D eigenvalue weighted by molar-refractivity contribution is -0.150. The number of ether oxygens (including phenoxy) is 2. The highest BCUT2D eigenvalue weighted by Crippen LogP contribution is 2.19. The fourth-order valence-electron chi connectivity index (χ4n) is 8.06. The van der Waals surface area contributed by atoms with Crippen molar-refractivity contribution in [3.63, 3.8) is 0 Å². The molecule has 0 saturated carbocycles. The number of aromatic nitrogens is 2. The predicted molar refractivity (Wildman–Crippen MR) is 243 cm³/mol. The fourth-order valence-corrected chi connectivity index (χ4v) is 8.06. The number of carbonyl (C=O) groups excluding carboxylic acids is 2. The first kappa shape index (κ1) is 53.1. The van der Waals surface area contributed by atoms with Crippen LogP contribution in [0.25, 0.3) is 0 Å². The van der Waals surface area contributed by atoms with Crippen molar-refractivity contribution in [1.82, 2.24) is 14.5 Å². The van der Waals surface area contributed by atoms with Crippen molar-refractivity contribution in [3.8, 4) is 0 Å². The first-order valence-electron chi connectivity index (χ1n) is 25.1. The first-order valence-corrected chi connectivity index (χ1v) is 25.1. The van der Waals surface area contributed by atoms with E-state index in [9.17, 15) is 9.59 Å². The van der Waals surface area contributed by atoms with Gasteiger partial charge in [-0.1, -0.05) is 163 Å². The van der Waals surface area contributed by atoms with Gasteiger partial charge < -0.3 is 18.9 Å². The third-order valence-corrected chi connectivity index (χ3v) is 11.9. The van der Waals surface area contributed by atoms with Crippen LogP contribution in [0.3, 0.4) is 0 Å². The Morgan fingerprint density at radius 2 is 0.877 bits per heavy atom. The van der Waals surface area contributed by atoms with Gasteiger partial charge in [0.25, 0.3) is 0 Å². The molecule has 7 nitrogen and oxygen atoms in total. The summed E-state index contributed by atoms with van der Waals surface area (Å²) in [4.78, 5) is 32.2. The largest absolute Gasteiger partial charge is 0.462 e. The summed E-state index contributed by atoms with van der Waals surface area (Å²) in [6.45, 7) is 13.4. The van der Waals surface area contributed by atoms with Crippen LogP contribution in [-0.2, 0) is 25.6 Å². The third kappa shape index (κ3) is 34.7. The van der Waals surface area contributed by atoms with Gasteiger partial charge in [0.05, 0.1) is 6.33 Å². The molecule has 7 heteroatoms. The van der Waals surface area contributed by atoms with E-state index in [0.29, 0.717) is 12.8 Å². The second kappa shape index (κ2) is 40.9. The number of rotatable bonds is 44. The number of imidazole rings is 1. The lowest BCUT2D eigenvalue weighted by Crippen LogP contribution is -2.28. The number of aryl methyl sites for hydroxylation is 1. The van der Waals surface area contributed by atoms with Gasteiger partial charge >= 0.3 is 11.9 Å². The van der Waals surface area contributed by atoms with Crippen LogP contribution >= 0.6 is 0 Å². The van der Waals surface area contributed by atoms with Gasteiger partial charge in [-0.3, -0.25) is 9.59 Å². The Morgan fingerprint density at radius 1 is 0.491 bits per heavy atom. The summed E-state index contributed by atoms with van der Waals surface area (Å²) in [5.74, 6) is 0.0352. The lowest BCUT2D eigenvalue weighted by Gasteiger charge is -2.22. The van der Waals surface area contributed by atoms with Crippen LogP contribution in [0.5, 0.6) is 0 Å². The van der Waals surface area contributed by atoms with Crippen molar-refractivity contribution in [2.24, 2.45) is 0 Å². The maximum absolute atomic E-state index is 12.8. The monoisotopic (exact) mass is 802 g/mol. The lowest BCUT2D eigenvalue weighted by atomic mass is 10.0. The van der Waals surface area contributed by atoms with Crippen LogP contribution in [0.2, 0.25) is 0 Å². The first-order chi connectivity index (χ1) is 28.0. The standard InChI is InChI=1S/C50H95N3O4/c1-5-9-12-15-20-27-35-47(8-4)56-49(54)38-30-23-18-25-32-41-52(43-34-44-53-45-40-51-46-53)42-33-26-19-24-31-39-50(55)57-48(36-28-21-16-13-10-6-2)37-29-22-17-14-11-7-3/h40,45-48H,5-39,41-44H2,1-4H3. The molecule has 0 N–H and O–H groups in total. The minimum absolute atomic E-state index is 0.00285. The van der Waals surface area contributed by atoms with E-state index in [1.165, 1.54) is 154 Å². The van der Waals surface area contributed by atoms with E-state index in [0.717, 1.165) is 84.0 Å². The molecular weight excluding hydrogens is 707 g/mol. The smallest absolute Gasteiger partial charge is 0.306 e. The minimum Gasteiger partial charge on any atom is -0.462 e. The molecule has 0 aromatic carbocycles. The van der Waals surface area contributed by atoms with E-state index in [2.05, 4.69) is 48.3 Å². The number of unbranched alkanes of at least 4 members (excludes halogenated alkanes) is 23. The number of carbonyl (C=O) groups is 2. The van der Waals surface area contributed by atoms with E-state index in [4.69, 9.17) is 9.47 Å². The normalized spacial score (nSPS) is 12.2. The van der Waals surface area contributed by atoms with Crippen LogP contribution in [-0.4, -0.2) is 58.2 Å². The zero-order valence-corrected chi connectivity index (χ0v) is 38.4. The Morgan fingerprint density at radius 3 is 1.32 bits per heavy atom. The molecule has 0 aliphatic rings. The maximum atomic E-state index is 12.8. The van der Waals surface area contributed by atoms with E-state index in [1.54, 1.807) is 0 Å². The quantitative estimate of drug-likeness (QED) is 0.0483. The van der Waals surface area contributed by atoms with Crippen molar-refractivity contribution >= 4 is 11.9 Å². The summed E-state index contributed by atoms with van der Waals surface area (Å²) in [5.41, 5.74) is 0. The van der Waals surface area contributed by atoms with E-state index < -0.39 is 0 Å². The summed E-state index contributed by atoms with van der Waals surface area (Å²) < 4.78 is 14.1. The Hall–Kier alpha value is -1.89. The van der Waals surface area contributed by atoms with Gasteiger partial charge in [0.1, 0.15) is 12.2 Å². The number of esters is 2. The number of hydrogen-bond acceptors (Lipinski definition) is 6. The molecule has 1 rings (SSSR count). The van der Waals surface area contributed by atoms with Crippen LogP contribution in [0.4, 0.5) is 0 Å². The van der Waals surface area contributed by atoms with Gasteiger partial charge in [-0.05, 0) is 96.7 Å². The van der Waals surface area contributed by atoms with Gasteiger partial charge in [0.2, 0.25) is 0 Å². The molecule has 0 radical (unpaired) electrons. The predicted octanol–water partition coefficient (Wildman–Crippen LogP) is 14.7. The molecule has 0 spiro atoms. The SMILES string of the molecule is CCCCCCCCC(CC)OC(=O)CCCCCCCN(CCCCCCCC(=O)OC(CCCCCCCC)CCCCCCCC)CCCn1ccnc1. The second-order valence-electron chi connectivity index (χ2n) is 17.3. The summed E-state index contributed by atoms with van der Waals surface area (Å²) in [6.07, 6.45) is 46.9. The van der Waals surface area contributed by atoms with Crippen LogP contribution in [0, 0.1) is 0 Å². The zero-order chi connectivity index (χ0) is 41.3. The summed E-state index contributed by atoms with van der Waals surface area (Å²) in [6, 6.07) is 0. The molecule has 57 heavy (non-hydrogen) atoms. The molecule has 1 aromatic heterocycles. The molecule has 0 fully saturated rings. The van der Waals surface area contributed by atoms with E-state index in [-0.39, 0.29) is 24.1 Å². The molecule has 0 bridgehead atoms. The Kier molecular flexibility index (Phi) is 38.1. The Bertz CT molecular complexity index is 970. The fraction of sp³-hybridized carbons (Fsp3) is 0.900. The molecule has 0 saturated heterocycles. The Labute approximate surface area is 354 Å². The molecule has 1 atom stereocenters. The third-order valence-electron chi connectivity index (χ3n) is 11.9. The van der Waals surface area contributed by atoms with Gasteiger partial charge in [0.15, 0.2) is 0 Å². The van der Waals surface area contributed by atoms with Crippen molar-refractivity contribution in [1.29, 1.82) is 0 Å². The molecule has 334 valence electrons. The molecule has 1 aromatic rings. The van der Waals surface area contributed by atoms with Crippen molar-refractivity contribution in [2.75, 3.05) is 19.6 Å². The van der Waals surface area contributed by atoms with Gasteiger partial charge in [0, 0.05) is 31.8 Å². The van der Waals surface area contributed by atoms with Crippen LogP contribution in [0.1, 0.15) is 252 Å². The molecule has 0 amide bonds.